The van der Waals surface area contributed by atoms with E-state index in [9.17, 15) is 9.59 Å². The highest BCUT2D eigenvalue weighted by Gasteiger charge is 2.07. The fourth-order valence-electron chi connectivity index (χ4n) is 4.68. The zero-order chi connectivity index (χ0) is 31.2. The average Bonchev–Trinajstić information content (AvgIpc) is 3.02. The van der Waals surface area contributed by atoms with Crippen molar-refractivity contribution in [3.05, 3.63) is 72.8 Å². The van der Waals surface area contributed by atoms with E-state index in [4.69, 9.17) is 9.47 Å². The van der Waals surface area contributed by atoms with Gasteiger partial charge in [-0.3, -0.25) is 0 Å². The maximum absolute atomic E-state index is 12.6. The van der Waals surface area contributed by atoms with Crippen LogP contribution in [-0.4, -0.2) is 25.3 Å². The van der Waals surface area contributed by atoms with Crippen molar-refractivity contribution in [3.8, 4) is 11.5 Å². The van der Waals surface area contributed by atoms with Crippen LogP contribution in [0.4, 0.5) is 32.3 Å². The van der Waals surface area contributed by atoms with Crippen molar-refractivity contribution >= 4 is 34.8 Å². The summed E-state index contributed by atoms with van der Waals surface area (Å²) in [6.45, 7) is 5.84. The molecular formula is C36H50N4O4. The van der Waals surface area contributed by atoms with Crippen molar-refractivity contribution < 1.29 is 19.1 Å². The first-order valence-corrected chi connectivity index (χ1v) is 16.3. The lowest BCUT2D eigenvalue weighted by Gasteiger charge is -2.12. The molecule has 0 heterocycles. The van der Waals surface area contributed by atoms with E-state index in [-0.39, 0.29) is 12.1 Å². The Bertz CT molecular complexity index is 1140. The zero-order valence-corrected chi connectivity index (χ0v) is 26.5. The molecule has 238 valence electrons. The van der Waals surface area contributed by atoms with Crippen LogP contribution in [0.1, 0.15) is 90.9 Å². The van der Waals surface area contributed by atoms with Gasteiger partial charge in [-0.15, -0.1) is 0 Å². The van der Waals surface area contributed by atoms with Gasteiger partial charge in [-0.05, 0) is 79.6 Å². The van der Waals surface area contributed by atoms with Gasteiger partial charge in [0, 0.05) is 22.7 Å². The van der Waals surface area contributed by atoms with Crippen molar-refractivity contribution in [2.75, 3.05) is 34.5 Å². The molecule has 3 aromatic carbocycles. The van der Waals surface area contributed by atoms with Crippen molar-refractivity contribution in [3.63, 3.8) is 0 Å². The number of carbonyl (C=O) groups is 2. The lowest BCUT2D eigenvalue weighted by molar-refractivity contribution is 0.261. The molecule has 0 saturated heterocycles. The molecule has 0 aliphatic heterocycles. The van der Waals surface area contributed by atoms with Gasteiger partial charge in [-0.25, -0.2) is 9.59 Å². The fraction of sp³-hybridized carbons (Fsp3) is 0.444. The number of anilines is 4. The molecule has 0 aliphatic carbocycles. The second-order valence-electron chi connectivity index (χ2n) is 11.0. The van der Waals surface area contributed by atoms with Crippen LogP contribution in [0.3, 0.4) is 0 Å². The Kier molecular flexibility index (Phi) is 16.1. The molecule has 0 spiro atoms. The lowest BCUT2D eigenvalue weighted by atomic mass is 10.1. The summed E-state index contributed by atoms with van der Waals surface area (Å²) in [7, 11) is 0. The molecule has 0 radical (unpaired) electrons. The number of hydrogen-bond acceptors (Lipinski definition) is 4. The number of ether oxygens (including phenoxy) is 2. The zero-order valence-electron chi connectivity index (χ0n) is 26.5. The van der Waals surface area contributed by atoms with E-state index in [1.54, 1.807) is 24.3 Å². The van der Waals surface area contributed by atoms with Crippen LogP contribution in [0.2, 0.25) is 0 Å². The molecule has 8 nitrogen and oxygen atoms in total. The maximum atomic E-state index is 12.6. The molecule has 0 fully saturated rings. The second-order valence-corrected chi connectivity index (χ2v) is 11.0. The molecular weight excluding hydrogens is 552 g/mol. The minimum Gasteiger partial charge on any atom is -0.494 e. The number of hydrogen-bond donors (Lipinski definition) is 4. The van der Waals surface area contributed by atoms with Crippen molar-refractivity contribution in [2.45, 2.75) is 90.9 Å². The topological polar surface area (TPSA) is 101 Å². The number of rotatable bonds is 20. The summed E-state index contributed by atoms with van der Waals surface area (Å²) < 4.78 is 11.6. The molecule has 0 aromatic heterocycles. The predicted molar refractivity (Wildman–Crippen MR) is 182 cm³/mol. The van der Waals surface area contributed by atoms with Crippen LogP contribution < -0.4 is 30.7 Å². The van der Waals surface area contributed by atoms with Crippen LogP contribution >= 0.6 is 0 Å². The summed E-state index contributed by atoms with van der Waals surface area (Å²) in [5, 5.41) is 11.3. The third-order valence-electron chi connectivity index (χ3n) is 7.14. The van der Waals surface area contributed by atoms with Gasteiger partial charge in [0.25, 0.3) is 0 Å². The van der Waals surface area contributed by atoms with Gasteiger partial charge in [-0.1, -0.05) is 84.1 Å². The van der Waals surface area contributed by atoms with E-state index in [1.165, 1.54) is 64.2 Å². The summed E-state index contributed by atoms with van der Waals surface area (Å²) in [6.07, 6.45) is 14.7. The highest BCUT2D eigenvalue weighted by molar-refractivity contribution is 6.02. The van der Waals surface area contributed by atoms with Gasteiger partial charge < -0.3 is 30.7 Å². The van der Waals surface area contributed by atoms with Crippen LogP contribution in [0.25, 0.3) is 0 Å². The van der Waals surface area contributed by atoms with E-state index in [0.717, 1.165) is 24.3 Å². The normalized spacial score (nSPS) is 10.6. The molecule has 0 atom stereocenters. The Hall–Kier alpha value is -4.20. The molecule has 44 heavy (non-hydrogen) atoms. The summed E-state index contributed by atoms with van der Waals surface area (Å²) in [5.74, 6) is 1.57. The first-order chi connectivity index (χ1) is 21.6. The summed E-state index contributed by atoms with van der Waals surface area (Å²) >= 11 is 0. The molecule has 3 aromatic rings. The van der Waals surface area contributed by atoms with Gasteiger partial charge in [-0.2, -0.15) is 0 Å². The summed E-state index contributed by atoms with van der Waals surface area (Å²) in [5.41, 5.74) is 2.40. The minimum absolute atomic E-state index is 0.383. The second kappa shape index (κ2) is 20.7. The van der Waals surface area contributed by atoms with E-state index in [1.807, 2.05) is 48.5 Å². The minimum atomic E-state index is -0.383. The summed E-state index contributed by atoms with van der Waals surface area (Å²) in [6, 6.07) is 20.9. The number of amides is 4. The first-order valence-electron chi connectivity index (χ1n) is 16.3. The molecule has 0 unspecified atom stereocenters. The molecule has 0 aliphatic rings. The third-order valence-corrected chi connectivity index (χ3v) is 7.14. The fourth-order valence-corrected chi connectivity index (χ4v) is 4.68. The van der Waals surface area contributed by atoms with Crippen LogP contribution in [0.5, 0.6) is 11.5 Å². The van der Waals surface area contributed by atoms with E-state index < -0.39 is 0 Å². The Morgan fingerprint density at radius 3 is 1.25 bits per heavy atom. The van der Waals surface area contributed by atoms with Crippen LogP contribution in [0.15, 0.2) is 72.8 Å². The Labute approximate surface area is 263 Å². The summed E-state index contributed by atoms with van der Waals surface area (Å²) in [4.78, 5) is 25.1. The molecule has 8 heteroatoms. The molecule has 4 amide bonds. The first kappa shape index (κ1) is 34.3. The smallest absolute Gasteiger partial charge is 0.323 e. The van der Waals surface area contributed by atoms with Crippen LogP contribution in [-0.2, 0) is 0 Å². The largest absolute Gasteiger partial charge is 0.494 e. The Morgan fingerprint density at radius 2 is 0.841 bits per heavy atom. The van der Waals surface area contributed by atoms with Crippen LogP contribution in [0, 0.1) is 0 Å². The molecule has 0 bridgehead atoms. The third kappa shape index (κ3) is 14.3. The molecule has 3 rings (SSSR count). The van der Waals surface area contributed by atoms with Gasteiger partial charge in [0.15, 0.2) is 0 Å². The standard InChI is InChI=1S/C36H50N4O4/c1-3-5-7-9-11-13-26-43-33-22-18-29(19-23-33)37-35(41)39-31-16-15-17-32(28-31)40-36(42)38-30-20-24-34(25-21-30)44-27-14-12-10-8-6-4-2/h15-25,28H,3-14,26-27H2,1-2H3,(H2,37,39,41)(H2,38,40,42). The highest BCUT2D eigenvalue weighted by atomic mass is 16.5. The Balaban J connectivity index is 1.35. The molecule has 0 saturated carbocycles. The monoisotopic (exact) mass is 602 g/mol. The number of benzene rings is 3. The van der Waals surface area contributed by atoms with Crippen molar-refractivity contribution in [2.24, 2.45) is 0 Å². The van der Waals surface area contributed by atoms with E-state index >= 15 is 0 Å². The van der Waals surface area contributed by atoms with Crippen molar-refractivity contribution in [1.82, 2.24) is 0 Å². The number of nitrogens with one attached hydrogen (secondary N) is 4. The predicted octanol–water partition coefficient (Wildman–Crippen LogP) is 10.5. The van der Waals surface area contributed by atoms with Gasteiger partial charge in [0.1, 0.15) is 11.5 Å². The van der Waals surface area contributed by atoms with Gasteiger partial charge in [0.2, 0.25) is 0 Å². The van der Waals surface area contributed by atoms with Gasteiger partial charge >= 0.3 is 12.1 Å². The van der Waals surface area contributed by atoms with Crippen molar-refractivity contribution in [1.29, 1.82) is 0 Å². The number of unbranched alkanes of at least 4 members (excludes halogenated alkanes) is 10. The van der Waals surface area contributed by atoms with Gasteiger partial charge in [0.05, 0.1) is 13.2 Å². The SMILES string of the molecule is CCCCCCCCOc1ccc(NC(=O)Nc2cccc(NC(=O)Nc3ccc(OCCCCCCCC)cc3)c2)cc1. The average molecular weight is 603 g/mol. The number of carbonyl (C=O) groups excluding carboxylic acids is 2. The highest BCUT2D eigenvalue weighted by Crippen LogP contribution is 2.20. The number of urea groups is 2. The van der Waals surface area contributed by atoms with E-state index in [0.29, 0.717) is 36.0 Å². The quantitative estimate of drug-likeness (QED) is 0.0967. The van der Waals surface area contributed by atoms with E-state index in [2.05, 4.69) is 35.1 Å². The maximum Gasteiger partial charge on any atom is 0.323 e. The lowest BCUT2D eigenvalue weighted by Crippen LogP contribution is -2.21. The molecule has 4 N–H and O–H groups in total. The Morgan fingerprint density at radius 1 is 0.477 bits per heavy atom.